The van der Waals surface area contributed by atoms with Gasteiger partial charge in [-0.1, -0.05) is 108 Å². The molecule has 0 unspecified atom stereocenters. The molecule has 0 atom stereocenters. The van der Waals surface area contributed by atoms with Crippen LogP contribution in [-0.2, 0) is 26.5 Å². The van der Waals surface area contributed by atoms with E-state index in [4.69, 9.17) is 9.72 Å². The second-order valence-electron chi connectivity index (χ2n) is 15.2. The molecule has 0 aliphatic carbocycles. The molecule has 0 spiro atoms. The van der Waals surface area contributed by atoms with E-state index in [0.717, 1.165) is 44.7 Å². The van der Waals surface area contributed by atoms with Crippen LogP contribution >= 0.6 is 0 Å². The molecule has 0 fully saturated rings. The first-order chi connectivity index (χ1) is 24.5. The first-order valence-electron chi connectivity index (χ1n) is 17.5. The van der Waals surface area contributed by atoms with E-state index >= 15 is 0 Å². The summed E-state index contributed by atoms with van der Waals surface area (Å²) in [6.07, 6.45) is 4.11. The number of anilines is 2. The summed E-state index contributed by atoms with van der Waals surface area (Å²) in [5, 5.41) is 2.25. The van der Waals surface area contributed by atoms with Gasteiger partial charge in [-0.15, -0.1) is 48.1 Å². The Morgan fingerprint density at radius 3 is 2.12 bits per heavy atom. The number of pyridine rings is 1. The topological polar surface area (TPSA) is 33.5 Å². The van der Waals surface area contributed by atoms with Crippen LogP contribution in [0.25, 0.3) is 38.8 Å². The molecule has 0 saturated carbocycles. The van der Waals surface area contributed by atoms with E-state index in [-0.39, 0.29) is 31.9 Å². The maximum Gasteiger partial charge on any atom is 0.135 e. The van der Waals surface area contributed by atoms with Gasteiger partial charge in [0, 0.05) is 61.1 Å². The van der Waals surface area contributed by atoms with Gasteiger partial charge in [-0.2, -0.15) is 12.1 Å². The largest absolute Gasteiger partial charge is 0.509 e. The summed E-state index contributed by atoms with van der Waals surface area (Å²) in [6.45, 7) is 15.5. The molecule has 264 valence electrons. The van der Waals surface area contributed by atoms with Gasteiger partial charge in [-0.3, -0.25) is 0 Å². The van der Waals surface area contributed by atoms with E-state index in [0.29, 0.717) is 11.5 Å². The number of benzene rings is 5. The van der Waals surface area contributed by atoms with Gasteiger partial charge in [0.15, 0.2) is 0 Å². The minimum absolute atomic E-state index is 0. The van der Waals surface area contributed by atoms with Crippen molar-refractivity contribution in [3.05, 3.63) is 164 Å². The third kappa shape index (κ3) is 6.78. The third-order valence-corrected chi connectivity index (χ3v) is 9.43. The second kappa shape index (κ2) is 13.8. The average molecular weight is 861 g/mol. The second-order valence-corrected chi connectivity index (χ2v) is 15.2. The Morgan fingerprint density at radius 2 is 1.37 bits per heavy atom. The minimum Gasteiger partial charge on any atom is -0.509 e. The van der Waals surface area contributed by atoms with Crippen molar-refractivity contribution in [1.82, 2.24) is 9.55 Å². The summed E-state index contributed by atoms with van der Waals surface area (Å²) >= 11 is 0. The van der Waals surface area contributed by atoms with Crippen molar-refractivity contribution in [3.63, 3.8) is 0 Å². The molecule has 0 bridgehead atoms. The van der Waals surface area contributed by atoms with Gasteiger partial charge in [0.2, 0.25) is 0 Å². The van der Waals surface area contributed by atoms with E-state index in [1.165, 1.54) is 16.7 Å². The molecule has 0 N–H and O–H groups in total. The van der Waals surface area contributed by atoms with Gasteiger partial charge < -0.3 is 19.1 Å². The molecule has 1 aliphatic rings. The SMILES string of the molecule is CC(C)(C)C1=CN(c2ccc(-c3ccccc3)cc2)[CH-]N1c1[c-]c(Oc2[c-]c3c(cc2)c2ccccc2n3-c2cc(C(C)(C)C)ccn2)ccc1.[Pt]. The smallest absolute Gasteiger partial charge is 0.135 e. The van der Waals surface area contributed by atoms with Gasteiger partial charge in [-0.25, -0.2) is 4.98 Å². The van der Waals surface area contributed by atoms with Crippen molar-refractivity contribution in [2.24, 2.45) is 5.41 Å². The predicted molar refractivity (Wildman–Crippen MR) is 210 cm³/mol. The molecule has 6 heteroatoms. The van der Waals surface area contributed by atoms with Crippen LogP contribution in [0.3, 0.4) is 0 Å². The van der Waals surface area contributed by atoms with E-state index in [9.17, 15) is 0 Å². The van der Waals surface area contributed by atoms with E-state index in [1.807, 2.05) is 30.5 Å². The fourth-order valence-electron chi connectivity index (χ4n) is 6.69. The van der Waals surface area contributed by atoms with Crippen molar-refractivity contribution in [3.8, 4) is 28.4 Å². The molecule has 2 aromatic heterocycles. The summed E-state index contributed by atoms with van der Waals surface area (Å²) in [5.74, 6) is 2.09. The van der Waals surface area contributed by atoms with Gasteiger partial charge in [0.25, 0.3) is 0 Å². The van der Waals surface area contributed by atoms with Crippen molar-refractivity contribution >= 4 is 33.2 Å². The molecule has 0 saturated heterocycles. The zero-order valence-corrected chi connectivity index (χ0v) is 32.6. The zero-order valence-electron chi connectivity index (χ0n) is 30.3. The number of hydrogen-bond donors (Lipinski definition) is 0. The first kappa shape index (κ1) is 35.3. The molecule has 0 radical (unpaired) electrons. The standard InChI is InChI=1S/C46H41N4O.Pt/c1-45(2,3)34-25-26-47-44(27-34)50-41-18-11-10-17-39(41)40-24-23-38(29-42(40)50)51-37-16-12-15-36(28-37)49-31-48(30-43(49)46(4,5)6)35-21-19-33(20-22-35)32-13-8-7-9-14-32;/h7-27,30-31H,1-6H3;/q-3;. The molecular weight excluding hydrogens is 820 g/mol. The van der Waals surface area contributed by atoms with Crippen molar-refractivity contribution in [2.45, 2.75) is 47.0 Å². The van der Waals surface area contributed by atoms with Crippen LogP contribution in [0.5, 0.6) is 11.5 Å². The Labute approximate surface area is 321 Å². The van der Waals surface area contributed by atoms with Crippen LogP contribution in [0.15, 0.2) is 139 Å². The van der Waals surface area contributed by atoms with Crippen molar-refractivity contribution in [1.29, 1.82) is 0 Å². The molecule has 0 amide bonds. The average Bonchev–Trinajstić information content (AvgIpc) is 3.73. The number of ether oxygens (including phenoxy) is 1. The number of para-hydroxylation sites is 1. The number of fused-ring (bicyclic) bond motifs is 3. The fraction of sp³-hybridized carbons (Fsp3) is 0.174. The third-order valence-electron chi connectivity index (χ3n) is 9.43. The molecule has 52 heavy (non-hydrogen) atoms. The minimum atomic E-state index is -0.121. The van der Waals surface area contributed by atoms with Gasteiger partial charge in [-0.05, 0) is 64.0 Å². The molecule has 1 aliphatic heterocycles. The molecule has 3 heterocycles. The van der Waals surface area contributed by atoms with Gasteiger partial charge in [0.1, 0.15) is 5.82 Å². The van der Waals surface area contributed by atoms with Crippen LogP contribution in [0.2, 0.25) is 0 Å². The Kier molecular flexibility index (Phi) is 9.35. The summed E-state index contributed by atoms with van der Waals surface area (Å²) in [6, 6.07) is 49.2. The van der Waals surface area contributed by atoms with E-state index in [1.54, 1.807) is 0 Å². The van der Waals surface area contributed by atoms with Crippen molar-refractivity contribution in [2.75, 3.05) is 9.80 Å². The van der Waals surface area contributed by atoms with Crippen molar-refractivity contribution < 1.29 is 25.8 Å². The fourth-order valence-corrected chi connectivity index (χ4v) is 6.69. The maximum atomic E-state index is 6.52. The number of aromatic nitrogens is 2. The maximum absolute atomic E-state index is 6.52. The van der Waals surface area contributed by atoms with Crippen LogP contribution in [0.4, 0.5) is 11.4 Å². The zero-order chi connectivity index (χ0) is 35.3. The van der Waals surface area contributed by atoms with Gasteiger partial charge in [0.05, 0.1) is 0 Å². The Bertz CT molecular complexity index is 2400. The first-order valence-corrected chi connectivity index (χ1v) is 17.5. The normalized spacial score (nSPS) is 13.4. The summed E-state index contributed by atoms with van der Waals surface area (Å²) in [5.41, 5.74) is 8.65. The molecule has 8 rings (SSSR count). The summed E-state index contributed by atoms with van der Waals surface area (Å²) < 4.78 is 8.71. The van der Waals surface area contributed by atoms with Crippen LogP contribution in [0, 0.1) is 24.2 Å². The quantitative estimate of drug-likeness (QED) is 0.156. The van der Waals surface area contributed by atoms with Crippen LogP contribution in [-0.4, -0.2) is 9.55 Å². The number of rotatable bonds is 6. The van der Waals surface area contributed by atoms with Gasteiger partial charge >= 0.3 is 0 Å². The molecule has 7 aromatic rings. The summed E-state index contributed by atoms with van der Waals surface area (Å²) in [7, 11) is 0. The molecular formula is C46H41N4OPt-3. The van der Waals surface area contributed by atoms with E-state index < -0.39 is 0 Å². The number of allylic oxidation sites excluding steroid dienone is 1. The molecule has 5 nitrogen and oxygen atoms in total. The van der Waals surface area contributed by atoms with Crippen LogP contribution in [0.1, 0.15) is 47.1 Å². The summed E-state index contributed by atoms with van der Waals surface area (Å²) in [4.78, 5) is 9.20. The Morgan fingerprint density at radius 1 is 0.654 bits per heavy atom. The monoisotopic (exact) mass is 860 g/mol. The molecule has 5 aromatic carbocycles. The Balaban J connectivity index is 0.00000420. The van der Waals surface area contributed by atoms with Crippen LogP contribution < -0.4 is 14.5 Å². The van der Waals surface area contributed by atoms with E-state index in [2.05, 4.69) is 178 Å². The predicted octanol–water partition coefficient (Wildman–Crippen LogP) is 11.9. The Hall–Kier alpha value is -5.12. The number of hydrogen-bond acceptors (Lipinski definition) is 4. The number of nitrogens with zero attached hydrogens (tertiary/aromatic N) is 4.